The van der Waals surface area contributed by atoms with Gasteiger partial charge in [-0.05, 0) is 0 Å². The second-order valence-electron chi connectivity index (χ2n) is 3.45. The molecule has 2 amide bonds. The number of carbonyl (C=O) groups excluding carboxylic acids is 3. The number of thiocarbonyl (C=S) groups is 1. The predicted octanol–water partition coefficient (Wildman–Crippen LogP) is 0.469. The van der Waals surface area contributed by atoms with Crippen LogP contribution in [0.5, 0.6) is 0 Å². The molecule has 0 spiro atoms. The molecule has 7 heteroatoms. The summed E-state index contributed by atoms with van der Waals surface area (Å²) in [5, 5.41) is -0.381. The van der Waals surface area contributed by atoms with Gasteiger partial charge in [-0.2, -0.15) is 0 Å². The number of thioether (sulfide) groups is 1. The lowest BCUT2D eigenvalue weighted by Crippen LogP contribution is -2.34. The number of rotatable bonds is 1. The number of imide groups is 1. The van der Waals surface area contributed by atoms with Crippen molar-refractivity contribution in [2.75, 3.05) is 6.61 Å². The first-order chi connectivity index (χ1) is 7.59. The Labute approximate surface area is 101 Å². The van der Waals surface area contributed by atoms with Gasteiger partial charge in [0.1, 0.15) is 5.25 Å². The van der Waals surface area contributed by atoms with Crippen molar-refractivity contribution >= 4 is 46.1 Å². The van der Waals surface area contributed by atoms with Crippen molar-refractivity contribution in [2.24, 2.45) is 0 Å². The average molecular weight is 259 g/mol. The molecule has 2 heterocycles. The second-order valence-corrected chi connectivity index (χ2v) is 5.29. The van der Waals surface area contributed by atoms with E-state index in [1.54, 1.807) is 0 Å². The molecule has 86 valence electrons. The fourth-order valence-electron chi connectivity index (χ4n) is 1.54. The Morgan fingerprint density at radius 3 is 2.44 bits per heavy atom. The number of amides is 2. The third kappa shape index (κ3) is 2.10. The molecule has 2 rings (SSSR count). The zero-order chi connectivity index (χ0) is 11.7. The van der Waals surface area contributed by atoms with Gasteiger partial charge in [0.25, 0.3) is 0 Å². The Morgan fingerprint density at radius 2 is 1.94 bits per heavy atom. The number of cyclic esters (lactones) is 1. The van der Waals surface area contributed by atoms with Crippen molar-refractivity contribution in [1.82, 2.24) is 4.90 Å². The summed E-state index contributed by atoms with van der Waals surface area (Å²) in [6.45, 7) is 0.376. The lowest BCUT2D eigenvalue weighted by Gasteiger charge is -2.15. The van der Waals surface area contributed by atoms with Crippen LogP contribution in [-0.2, 0) is 19.1 Å². The summed E-state index contributed by atoms with van der Waals surface area (Å²) < 4.78 is 4.94. The van der Waals surface area contributed by atoms with Gasteiger partial charge in [-0.3, -0.25) is 14.4 Å². The minimum absolute atomic E-state index is 0.163. The van der Waals surface area contributed by atoms with Gasteiger partial charge in [-0.25, -0.2) is 4.90 Å². The maximum atomic E-state index is 11.4. The average Bonchev–Trinajstić information content (AvgIpc) is 2.75. The summed E-state index contributed by atoms with van der Waals surface area (Å²) in [6, 6.07) is 0. The molecule has 0 saturated carbocycles. The molecule has 5 nitrogen and oxygen atoms in total. The summed E-state index contributed by atoms with van der Waals surface area (Å²) in [5.74, 6) is -0.894. The van der Waals surface area contributed by atoms with E-state index < -0.39 is 0 Å². The highest BCUT2D eigenvalue weighted by Gasteiger charge is 2.36. The third-order valence-electron chi connectivity index (χ3n) is 2.36. The van der Waals surface area contributed by atoms with E-state index in [1.807, 2.05) is 0 Å². The Morgan fingerprint density at radius 1 is 1.31 bits per heavy atom. The van der Waals surface area contributed by atoms with E-state index in [0.29, 0.717) is 13.0 Å². The van der Waals surface area contributed by atoms with Crippen LogP contribution in [0.25, 0.3) is 0 Å². The van der Waals surface area contributed by atoms with Gasteiger partial charge >= 0.3 is 5.97 Å². The smallest absolute Gasteiger partial charge is 0.319 e. The van der Waals surface area contributed by atoms with Gasteiger partial charge in [-0.15, -0.1) is 0 Å². The number of nitrogens with zero attached hydrogens (tertiary/aromatic N) is 1. The summed E-state index contributed by atoms with van der Waals surface area (Å²) >= 11 is 6.06. The van der Waals surface area contributed by atoms with Crippen molar-refractivity contribution < 1.29 is 19.1 Å². The quantitative estimate of drug-likeness (QED) is 0.387. The summed E-state index contributed by atoms with van der Waals surface area (Å²) in [7, 11) is 0. The SMILES string of the molecule is O=C1OCCC1SC(=S)N1C(=O)CCC1=O. The zero-order valence-corrected chi connectivity index (χ0v) is 9.94. The minimum atomic E-state index is -0.381. The minimum Gasteiger partial charge on any atom is -0.465 e. The van der Waals surface area contributed by atoms with Crippen LogP contribution >= 0.6 is 24.0 Å². The monoisotopic (exact) mass is 259 g/mol. The number of ether oxygens (including phenoxy) is 1. The van der Waals surface area contributed by atoms with Crippen LogP contribution in [0, 0.1) is 0 Å². The van der Waals surface area contributed by atoms with Crippen molar-refractivity contribution in [3.63, 3.8) is 0 Å². The normalized spacial score (nSPS) is 25.1. The van der Waals surface area contributed by atoms with Crippen molar-refractivity contribution in [1.29, 1.82) is 0 Å². The lowest BCUT2D eigenvalue weighted by molar-refractivity contribution is -0.138. The van der Waals surface area contributed by atoms with E-state index >= 15 is 0 Å². The Kier molecular flexibility index (Phi) is 3.25. The number of carbonyl (C=O) groups is 3. The summed E-state index contributed by atoms with van der Waals surface area (Å²) in [4.78, 5) is 34.9. The van der Waals surface area contributed by atoms with E-state index in [2.05, 4.69) is 0 Å². The van der Waals surface area contributed by atoms with Crippen LogP contribution in [0.2, 0.25) is 0 Å². The molecule has 0 bridgehead atoms. The van der Waals surface area contributed by atoms with Crippen LogP contribution in [0.15, 0.2) is 0 Å². The van der Waals surface area contributed by atoms with Crippen molar-refractivity contribution in [3.05, 3.63) is 0 Å². The van der Waals surface area contributed by atoms with E-state index in [1.165, 1.54) is 0 Å². The molecule has 0 aromatic rings. The van der Waals surface area contributed by atoms with Gasteiger partial charge in [-0.1, -0.05) is 24.0 Å². The molecule has 0 aliphatic carbocycles. The van der Waals surface area contributed by atoms with E-state index in [4.69, 9.17) is 17.0 Å². The maximum Gasteiger partial charge on any atom is 0.319 e. The standard InChI is InChI=1S/C9H9NO4S2/c11-6-1-2-7(12)10(6)9(15)16-5-3-4-14-8(5)13/h5H,1-4H2. The molecule has 2 aliphatic rings. The molecule has 16 heavy (non-hydrogen) atoms. The topological polar surface area (TPSA) is 63.7 Å². The fourth-order valence-corrected chi connectivity index (χ4v) is 3.02. The molecule has 0 N–H and O–H groups in total. The number of hydrogen-bond donors (Lipinski definition) is 0. The summed E-state index contributed by atoms with van der Waals surface area (Å²) in [6.07, 6.45) is 0.975. The molecular formula is C9H9NO4S2. The first kappa shape index (κ1) is 11.5. The number of esters is 1. The van der Waals surface area contributed by atoms with Gasteiger partial charge in [0, 0.05) is 19.3 Å². The van der Waals surface area contributed by atoms with Crippen LogP contribution in [0.1, 0.15) is 19.3 Å². The highest BCUT2D eigenvalue weighted by atomic mass is 32.2. The number of hydrogen-bond acceptors (Lipinski definition) is 6. The van der Waals surface area contributed by atoms with Gasteiger partial charge in [0.2, 0.25) is 11.8 Å². The first-order valence-corrected chi connectivity index (χ1v) is 6.11. The third-order valence-corrected chi connectivity index (χ3v) is 3.93. The van der Waals surface area contributed by atoms with Crippen LogP contribution in [0.3, 0.4) is 0 Å². The Balaban J connectivity index is 2.00. The lowest BCUT2D eigenvalue weighted by atomic mass is 10.4. The highest BCUT2D eigenvalue weighted by Crippen LogP contribution is 2.27. The van der Waals surface area contributed by atoms with Gasteiger partial charge in [0.15, 0.2) is 4.32 Å². The highest BCUT2D eigenvalue weighted by molar-refractivity contribution is 8.23. The second kappa shape index (κ2) is 4.50. The Hall–Kier alpha value is -0.950. The summed E-state index contributed by atoms with van der Waals surface area (Å²) in [5.41, 5.74) is 0. The Bertz CT molecular complexity index is 366. The van der Waals surface area contributed by atoms with E-state index in [0.717, 1.165) is 16.7 Å². The molecule has 0 aromatic heterocycles. The van der Waals surface area contributed by atoms with Crippen molar-refractivity contribution in [3.8, 4) is 0 Å². The molecule has 1 unspecified atom stereocenters. The largest absolute Gasteiger partial charge is 0.465 e. The molecule has 0 radical (unpaired) electrons. The fraction of sp³-hybridized carbons (Fsp3) is 0.556. The zero-order valence-electron chi connectivity index (χ0n) is 8.30. The van der Waals surface area contributed by atoms with Gasteiger partial charge in [0.05, 0.1) is 6.61 Å². The van der Waals surface area contributed by atoms with E-state index in [-0.39, 0.29) is 40.2 Å². The van der Waals surface area contributed by atoms with Gasteiger partial charge < -0.3 is 4.74 Å². The maximum absolute atomic E-state index is 11.4. The van der Waals surface area contributed by atoms with Crippen molar-refractivity contribution in [2.45, 2.75) is 24.5 Å². The van der Waals surface area contributed by atoms with Crippen LogP contribution in [0.4, 0.5) is 0 Å². The molecule has 1 atom stereocenters. The van der Waals surface area contributed by atoms with Crippen LogP contribution in [-0.4, -0.2) is 38.9 Å². The number of likely N-dealkylation sites (tertiary alicyclic amines) is 1. The molecule has 2 fully saturated rings. The van der Waals surface area contributed by atoms with Crippen LogP contribution < -0.4 is 0 Å². The first-order valence-electron chi connectivity index (χ1n) is 4.82. The molecule has 0 aromatic carbocycles. The molecule has 2 saturated heterocycles. The molecule has 2 aliphatic heterocycles. The predicted molar refractivity (Wildman–Crippen MR) is 60.6 cm³/mol. The van der Waals surface area contributed by atoms with E-state index in [9.17, 15) is 14.4 Å². The molecular weight excluding hydrogens is 250 g/mol.